The Morgan fingerprint density at radius 1 is 1.21 bits per heavy atom. The predicted octanol–water partition coefficient (Wildman–Crippen LogP) is 3.80. The van der Waals surface area contributed by atoms with Crippen LogP contribution >= 0.6 is 0 Å². The molecule has 6 heteroatoms. The van der Waals surface area contributed by atoms with Crippen molar-refractivity contribution in [3.63, 3.8) is 0 Å². The third kappa shape index (κ3) is 3.28. The van der Waals surface area contributed by atoms with E-state index in [9.17, 15) is 8.42 Å². The van der Waals surface area contributed by atoms with Gasteiger partial charge in [0.1, 0.15) is 10.5 Å². The molecule has 3 rings (SSSR count). The van der Waals surface area contributed by atoms with Gasteiger partial charge in [0.15, 0.2) is 0 Å². The van der Waals surface area contributed by atoms with Crippen molar-refractivity contribution in [1.82, 2.24) is 9.55 Å². The minimum atomic E-state index is -3.68. The van der Waals surface area contributed by atoms with E-state index >= 15 is 0 Å². The number of hydrogen-bond acceptors (Lipinski definition) is 3. The molecule has 0 unspecified atom stereocenters. The number of benzene rings is 1. The molecule has 2 heterocycles. The number of anilines is 1. The summed E-state index contributed by atoms with van der Waals surface area (Å²) in [7, 11) is -3.68. The number of pyridine rings is 1. The van der Waals surface area contributed by atoms with E-state index in [0.29, 0.717) is 29.2 Å². The van der Waals surface area contributed by atoms with Gasteiger partial charge in [0, 0.05) is 30.0 Å². The van der Waals surface area contributed by atoms with E-state index in [2.05, 4.69) is 23.6 Å². The average molecular weight is 343 g/mol. The van der Waals surface area contributed by atoms with Gasteiger partial charge in [-0.2, -0.15) is 0 Å². The Morgan fingerprint density at radius 3 is 2.71 bits per heavy atom. The molecule has 1 N–H and O–H groups in total. The molecule has 0 saturated carbocycles. The number of fused-ring (bicyclic) bond motifs is 1. The highest BCUT2D eigenvalue weighted by molar-refractivity contribution is 7.93. The fourth-order valence-corrected chi connectivity index (χ4v) is 4.02. The largest absolute Gasteiger partial charge is 0.331 e. The first-order chi connectivity index (χ1) is 11.4. The van der Waals surface area contributed by atoms with E-state index in [1.807, 2.05) is 29.7 Å². The SMILES string of the molecule is Cc1cccc(NS(=O)(=O)c2cn(CC(C)C)c3ncccc23)c1. The molecule has 0 aliphatic heterocycles. The first-order valence-electron chi connectivity index (χ1n) is 7.90. The lowest BCUT2D eigenvalue weighted by Gasteiger charge is -2.08. The summed E-state index contributed by atoms with van der Waals surface area (Å²) in [5.41, 5.74) is 2.25. The molecule has 0 radical (unpaired) electrons. The van der Waals surface area contributed by atoms with Gasteiger partial charge in [0.25, 0.3) is 10.0 Å². The van der Waals surface area contributed by atoms with Crippen molar-refractivity contribution < 1.29 is 8.42 Å². The Hall–Kier alpha value is -2.34. The zero-order chi connectivity index (χ0) is 17.3. The number of hydrogen-bond donors (Lipinski definition) is 1. The van der Waals surface area contributed by atoms with Crippen molar-refractivity contribution in [3.05, 3.63) is 54.4 Å². The Morgan fingerprint density at radius 2 is 2.00 bits per heavy atom. The number of aromatic nitrogens is 2. The number of nitrogens with one attached hydrogen (secondary N) is 1. The second kappa shape index (κ2) is 6.28. The summed E-state index contributed by atoms with van der Waals surface area (Å²) >= 11 is 0. The zero-order valence-corrected chi connectivity index (χ0v) is 14.8. The Bertz CT molecular complexity index is 975. The molecular formula is C18H21N3O2S. The second-order valence-electron chi connectivity index (χ2n) is 6.39. The quantitative estimate of drug-likeness (QED) is 0.766. The fraction of sp³-hybridized carbons (Fsp3) is 0.278. The molecule has 126 valence electrons. The lowest BCUT2D eigenvalue weighted by molar-refractivity contribution is 0.530. The van der Waals surface area contributed by atoms with Gasteiger partial charge in [-0.1, -0.05) is 26.0 Å². The normalized spacial score (nSPS) is 12.0. The van der Waals surface area contributed by atoms with Crippen LogP contribution in [0, 0.1) is 12.8 Å². The summed E-state index contributed by atoms with van der Waals surface area (Å²) in [6, 6.07) is 10.9. The van der Waals surface area contributed by atoms with Crippen LogP contribution in [0.4, 0.5) is 5.69 Å². The molecule has 0 amide bonds. The highest BCUT2D eigenvalue weighted by atomic mass is 32.2. The van der Waals surface area contributed by atoms with Gasteiger partial charge in [-0.15, -0.1) is 0 Å². The van der Waals surface area contributed by atoms with Crippen molar-refractivity contribution in [2.75, 3.05) is 4.72 Å². The number of sulfonamides is 1. The first kappa shape index (κ1) is 16.5. The molecule has 3 aromatic rings. The molecule has 2 aromatic heterocycles. The maximum atomic E-state index is 12.9. The van der Waals surface area contributed by atoms with Crippen molar-refractivity contribution in [1.29, 1.82) is 0 Å². The third-order valence-corrected chi connectivity index (χ3v) is 5.13. The van der Waals surface area contributed by atoms with E-state index < -0.39 is 10.0 Å². The molecule has 0 aliphatic carbocycles. The summed E-state index contributed by atoms with van der Waals surface area (Å²) in [4.78, 5) is 4.62. The summed E-state index contributed by atoms with van der Waals surface area (Å²) in [5.74, 6) is 0.392. The Balaban J connectivity index is 2.07. The first-order valence-corrected chi connectivity index (χ1v) is 9.38. The molecule has 5 nitrogen and oxygen atoms in total. The van der Waals surface area contributed by atoms with Gasteiger partial charge in [-0.25, -0.2) is 13.4 Å². The lowest BCUT2D eigenvalue weighted by Crippen LogP contribution is -2.13. The van der Waals surface area contributed by atoms with Crippen LogP contribution in [0.25, 0.3) is 11.0 Å². The van der Waals surface area contributed by atoms with Gasteiger partial charge in [-0.3, -0.25) is 4.72 Å². The highest BCUT2D eigenvalue weighted by Crippen LogP contribution is 2.26. The molecule has 0 aliphatic rings. The zero-order valence-electron chi connectivity index (χ0n) is 14.0. The number of nitrogens with zero attached hydrogens (tertiary/aromatic N) is 2. The molecule has 24 heavy (non-hydrogen) atoms. The molecular weight excluding hydrogens is 322 g/mol. The third-order valence-electron chi connectivity index (χ3n) is 3.72. The fourth-order valence-electron chi connectivity index (χ4n) is 2.76. The van der Waals surface area contributed by atoms with Crippen molar-refractivity contribution in [3.8, 4) is 0 Å². The molecule has 0 fully saturated rings. The summed E-state index contributed by atoms with van der Waals surface area (Å²) < 4.78 is 30.3. The van der Waals surface area contributed by atoms with Crippen molar-refractivity contribution in [2.45, 2.75) is 32.2 Å². The van der Waals surface area contributed by atoms with E-state index in [1.54, 1.807) is 30.6 Å². The van der Waals surface area contributed by atoms with E-state index in [-0.39, 0.29) is 4.90 Å². The summed E-state index contributed by atoms with van der Waals surface area (Å²) in [5, 5.41) is 0.637. The minimum absolute atomic E-state index is 0.257. The van der Waals surface area contributed by atoms with Crippen molar-refractivity contribution in [2.24, 2.45) is 5.92 Å². The van der Waals surface area contributed by atoms with Crippen LogP contribution in [0.3, 0.4) is 0 Å². The topological polar surface area (TPSA) is 64.0 Å². The lowest BCUT2D eigenvalue weighted by atomic mass is 10.2. The van der Waals surface area contributed by atoms with Gasteiger partial charge < -0.3 is 4.57 Å². The van der Waals surface area contributed by atoms with E-state index in [4.69, 9.17) is 0 Å². The van der Waals surface area contributed by atoms with Gasteiger partial charge >= 0.3 is 0 Å². The summed E-state index contributed by atoms with van der Waals surface area (Å²) in [6.45, 7) is 6.82. The monoisotopic (exact) mass is 343 g/mol. The number of rotatable bonds is 5. The second-order valence-corrected chi connectivity index (χ2v) is 8.04. The van der Waals surface area contributed by atoms with Gasteiger partial charge in [-0.05, 0) is 42.7 Å². The van der Waals surface area contributed by atoms with Crippen molar-refractivity contribution >= 4 is 26.7 Å². The van der Waals surface area contributed by atoms with E-state index in [0.717, 1.165) is 5.56 Å². The van der Waals surface area contributed by atoms with E-state index in [1.165, 1.54) is 0 Å². The Kier molecular flexibility index (Phi) is 4.32. The standard InChI is InChI=1S/C18H21N3O2S/c1-13(2)11-21-12-17(16-8-5-9-19-18(16)21)24(22,23)20-15-7-4-6-14(3)10-15/h4-10,12-13,20H,11H2,1-3H3. The maximum Gasteiger partial charge on any atom is 0.264 e. The molecule has 0 spiro atoms. The molecule has 0 bridgehead atoms. The van der Waals surface area contributed by atoms with Crippen LogP contribution in [0.5, 0.6) is 0 Å². The van der Waals surface area contributed by atoms with Crippen LogP contribution in [0.15, 0.2) is 53.7 Å². The van der Waals surface area contributed by atoms with Gasteiger partial charge in [0.2, 0.25) is 0 Å². The van der Waals surface area contributed by atoms with Crippen LogP contribution in [-0.2, 0) is 16.6 Å². The Labute approximate surface area is 142 Å². The van der Waals surface area contributed by atoms with Crippen LogP contribution < -0.4 is 4.72 Å². The summed E-state index contributed by atoms with van der Waals surface area (Å²) in [6.07, 6.45) is 3.36. The van der Waals surface area contributed by atoms with Crippen LogP contribution in [0.1, 0.15) is 19.4 Å². The number of aryl methyl sites for hydroxylation is 1. The smallest absolute Gasteiger partial charge is 0.264 e. The molecule has 1 aromatic carbocycles. The highest BCUT2D eigenvalue weighted by Gasteiger charge is 2.22. The van der Waals surface area contributed by atoms with Gasteiger partial charge in [0.05, 0.1) is 0 Å². The maximum absolute atomic E-state index is 12.9. The predicted molar refractivity (Wildman–Crippen MR) is 96.6 cm³/mol. The average Bonchev–Trinajstić information content (AvgIpc) is 2.86. The van der Waals surface area contributed by atoms with Crippen LogP contribution in [-0.4, -0.2) is 18.0 Å². The van der Waals surface area contributed by atoms with Crippen LogP contribution in [0.2, 0.25) is 0 Å². The molecule has 0 saturated heterocycles. The minimum Gasteiger partial charge on any atom is -0.331 e. The molecule has 0 atom stereocenters.